The lowest BCUT2D eigenvalue weighted by molar-refractivity contribution is -0.167. The van der Waals surface area contributed by atoms with Gasteiger partial charge in [0.2, 0.25) is 0 Å². The van der Waals surface area contributed by atoms with E-state index in [4.69, 9.17) is 14.2 Å². The Morgan fingerprint density at radius 2 is 0.623 bits per heavy atom. The minimum atomic E-state index is -0.760. The van der Waals surface area contributed by atoms with E-state index < -0.39 is 6.10 Å². The molecule has 0 N–H and O–H groups in total. The predicted molar refractivity (Wildman–Crippen MR) is 224 cm³/mol. The third-order valence-corrected chi connectivity index (χ3v) is 10.5. The molecule has 0 saturated heterocycles. The van der Waals surface area contributed by atoms with Crippen LogP contribution in [-0.2, 0) is 28.6 Å². The van der Waals surface area contributed by atoms with Crippen molar-refractivity contribution in [2.24, 2.45) is 11.8 Å². The maximum absolute atomic E-state index is 12.7. The molecule has 53 heavy (non-hydrogen) atoms. The van der Waals surface area contributed by atoms with Crippen LogP contribution < -0.4 is 0 Å². The van der Waals surface area contributed by atoms with E-state index in [1.165, 1.54) is 141 Å². The average molecular weight is 751 g/mol. The Balaban J connectivity index is 4.31. The van der Waals surface area contributed by atoms with Crippen LogP contribution in [0.2, 0.25) is 0 Å². The van der Waals surface area contributed by atoms with E-state index in [-0.39, 0.29) is 31.1 Å². The Kier molecular flexibility index (Phi) is 38.9. The molecule has 0 aromatic carbocycles. The minimum Gasteiger partial charge on any atom is -0.462 e. The third kappa shape index (κ3) is 41.4. The van der Waals surface area contributed by atoms with E-state index in [1.54, 1.807) is 0 Å². The lowest BCUT2D eigenvalue weighted by Crippen LogP contribution is -2.30. The van der Waals surface area contributed by atoms with Gasteiger partial charge in [0.25, 0.3) is 0 Å². The van der Waals surface area contributed by atoms with Gasteiger partial charge in [-0.1, -0.05) is 214 Å². The van der Waals surface area contributed by atoms with Gasteiger partial charge < -0.3 is 14.2 Å². The monoisotopic (exact) mass is 751 g/mol. The first-order valence-corrected chi connectivity index (χ1v) is 23.2. The van der Waals surface area contributed by atoms with Crippen molar-refractivity contribution in [3.63, 3.8) is 0 Å². The molecule has 0 bridgehead atoms. The van der Waals surface area contributed by atoms with Gasteiger partial charge in [-0.3, -0.25) is 14.4 Å². The van der Waals surface area contributed by atoms with Crippen molar-refractivity contribution in [3.05, 3.63) is 0 Å². The second kappa shape index (κ2) is 40.1. The van der Waals surface area contributed by atoms with Gasteiger partial charge in [-0.15, -0.1) is 0 Å². The standard InChI is InChI=1S/C47H90O6/c1-6-7-8-9-10-11-12-15-19-22-29-34-39-47(50)53-44(41-52-46(49)38-33-28-24-23-26-31-36-43(4)5)40-51-45(48)37-32-27-21-18-16-13-14-17-20-25-30-35-42(2)3/h42-44H,6-41H2,1-5H3/t44-/m0/s1. The molecule has 0 radical (unpaired) electrons. The van der Waals surface area contributed by atoms with E-state index in [0.29, 0.717) is 19.3 Å². The van der Waals surface area contributed by atoms with Gasteiger partial charge in [0.05, 0.1) is 0 Å². The fourth-order valence-corrected chi connectivity index (χ4v) is 6.93. The number of rotatable bonds is 41. The largest absolute Gasteiger partial charge is 0.462 e. The number of ether oxygens (including phenoxy) is 3. The topological polar surface area (TPSA) is 78.9 Å². The van der Waals surface area contributed by atoms with Crippen molar-refractivity contribution in [3.8, 4) is 0 Å². The summed E-state index contributed by atoms with van der Waals surface area (Å²) in [5, 5.41) is 0. The van der Waals surface area contributed by atoms with Gasteiger partial charge in [-0.05, 0) is 31.1 Å². The Morgan fingerprint density at radius 1 is 0.358 bits per heavy atom. The lowest BCUT2D eigenvalue weighted by atomic mass is 10.0. The van der Waals surface area contributed by atoms with Crippen molar-refractivity contribution < 1.29 is 28.6 Å². The van der Waals surface area contributed by atoms with Crippen LogP contribution in [0, 0.1) is 11.8 Å². The van der Waals surface area contributed by atoms with Crippen LogP contribution in [0.1, 0.15) is 253 Å². The first-order chi connectivity index (χ1) is 25.7. The SMILES string of the molecule is CCCCCCCCCCCCCCC(=O)O[C@@H](COC(=O)CCCCCCCCCCCCCC(C)C)COC(=O)CCCCCCCCC(C)C. The Morgan fingerprint density at radius 3 is 0.925 bits per heavy atom. The average Bonchev–Trinajstić information content (AvgIpc) is 3.12. The summed E-state index contributed by atoms with van der Waals surface area (Å²) in [5.74, 6) is 0.730. The second-order valence-corrected chi connectivity index (χ2v) is 17.0. The fraction of sp³-hybridized carbons (Fsp3) is 0.936. The van der Waals surface area contributed by atoms with Crippen molar-refractivity contribution in [2.75, 3.05) is 13.2 Å². The van der Waals surface area contributed by atoms with Crippen molar-refractivity contribution in [1.29, 1.82) is 0 Å². The van der Waals surface area contributed by atoms with Crippen LogP contribution in [0.5, 0.6) is 0 Å². The molecule has 0 amide bonds. The van der Waals surface area contributed by atoms with Gasteiger partial charge >= 0.3 is 17.9 Å². The van der Waals surface area contributed by atoms with Crippen LogP contribution in [-0.4, -0.2) is 37.2 Å². The number of carbonyl (C=O) groups is 3. The molecule has 6 heteroatoms. The van der Waals surface area contributed by atoms with Gasteiger partial charge in [-0.25, -0.2) is 0 Å². The normalized spacial score (nSPS) is 12.1. The van der Waals surface area contributed by atoms with E-state index in [0.717, 1.165) is 69.6 Å². The van der Waals surface area contributed by atoms with E-state index in [2.05, 4.69) is 34.6 Å². The highest BCUT2D eigenvalue weighted by Crippen LogP contribution is 2.16. The Bertz CT molecular complexity index is 809. The van der Waals surface area contributed by atoms with Gasteiger partial charge in [-0.2, -0.15) is 0 Å². The molecule has 0 rings (SSSR count). The summed E-state index contributed by atoms with van der Waals surface area (Å²) < 4.78 is 16.7. The fourth-order valence-electron chi connectivity index (χ4n) is 6.93. The number of hydrogen-bond acceptors (Lipinski definition) is 6. The minimum absolute atomic E-state index is 0.0653. The molecule has 0 unspecified atom stereocenters. The molecule has 0 heterocycles. The molecular formula is C47H90O6. The molecule has 0 aliphatic heterocycles. The molecule has 6 nitrogen and oxygen atoms in total. The quantitative estimate of drug-likeness (QED) is 0.0352. The smallest absolute Gasteiger partial charge is 0.306 e. The van der Waals surface area contributed by atoms with E-state index >= 15 is 0 Å². The lowest BCUT2D eigenvalue weighted by Gasteiger charge is -2.18. The zero-order chi connectivity index (χ0) is 39.0. The molecule has 0 aromatic rings. The molecule has 1 atom stereocenters. The zero-order valence-corrected chi connectivity index (χ0v) is 36.1. The molecule has 0 aromatic heterocycles. The maximum Gasteiger partial charge on any atom is 0.306 e. The van der Waals surface area contributed by atoms with Crippen molar-refractivity contribution in [1.82, 2.24) is 0 Å². The summed E-state index contributed by atoms with van der Waals surface area (Å²) in [6.07, 6.45) is 38.1. The third-order valence-electron chi connectivity index (χ3n) is 10.5. The highest BCUT2D eigenvalue weighted by molar-refractivity contribution is 5.71. The highest BCUT2D eigenvalue weighted by Gasteiger charge is 2.19. The van der Waals surface area contributed by atoms with Gasteiger partial charge in [0.15, 0.2) is 6.10 Å². The maximum atomic E-state index is 12.7. The predicted octanol–water partition coefficient (Wildman–Crippen LogP) is 14.6. The highest BCUT2D eigenvalue weighted by atomic mass is 16.6. The first-order valence-electron chi connectivity index (χ1n) is 23.2. The van der Waals surface area contributed by atoms with Crippen LogP contribution in [0.15, 0.2) is 0 Å². The number of esters is 3. The zero-order valence-electron chi connectivity index (χ0n) is 36.1. The molecule has 314 valence electrons. The van der Waals surface area contributed by atoms with E-state index in [9.17, 15) is 14.4 Å². The van der Waals surface area contributed by atoms with Crippen LogP contribution in [0.3, 0.4) is 0 Å². The van der Waals surface area contributed by atoms with Crippen molar-refractivity contribution >= 4 is 17.9 Å². The number of hydrogen-bond donors (Lipinski definition) is 0. The summed E-state index contributed by atoms with van der Waals surface area (Å²) in [6, 6.07) is 0. The second-order valence-electron chi connectivity index (χ2n) is 17.0. The summed E-state index contributed by atoms with van der Waals surface area (Å²) in [7, 11) is 0. The van der Waals surface area contributed by atoms with Crippen LogP contribution in [0.4, 0.5) is 0 Å². The van der Waals surface area contributed by atoms with E-state index in [1.807, 2.05) is 0 Å². The summed E-state index contributed by atoms with van der Waals surface area (Å²) >= 11 is 0. The summed E-state index contributed by atoms with van der Waals surface area (Å²) in [6.45, 7) is 11.3. The number of carbonyl (C=O) groups excluding carboxylic acids is 3. The molecule has 0 aliphatic carbocycles. The molecule has 0 aliphatic rings. The van der Waals surface area contributed by atoms with Crippen LogP contribution >= 0.6 is 0 Å². The van der Waals surface area contributed by atoms with Gasteiger partial charge in [0.1, 0.15) is 13.2 Å². The van der Waals surface area contributed by atoms with Crippen molar-refractivity contribution in [2.45, 2.75) is 259 Å². The Hall–Kier alpha value is -1.59. The first kappa shape index (κ1) is 51.4. The van der Waals surface area contributed by atoms with Gasteiger partial charge in [0, 0.05) is 19.3 Å². The molecule has 0 fully saturated rings. The Labute approximate surface area is 329 Å². The number of unbranched alkanes of at least 4 members (excludes halogenated alkanes) is 26. The summed E-state index contributed by atoms with van der Waals surface area (Å²) in [4.78, 5) is 37.7. The molecule has 0 spiro atoms. The summed E-state index contributed by atoms with van der Waals surface area (Å²) in [5.41, 5.74) is 0. The molecular weight excluding hydrogens is 661 g/mol. The van der Waals surface area contributed by atoms with Crippen LogP contribution in [0.25, 0.3) is 0 Å². The molecule has 0 saturated carbocycles.